The Kier molecular flexibility index (Phi) is 3.96. The van der Waals surface area contributed by atoms with Crippen LogP contribution in [0.1, 0.15) is 19.8 Å². The van der Waals surface area contributed by atoms with E-state index < -0.39 is 0 Å². The first kappa shape index (κ1) is 14.1. The summed E-state index contributed by atoms with van der Waals surface area (Å²) in [5.41, 5.74) is 0.918. The molecule has 1 fully saturated rings. The number of piperidine rings is 1. The van der Waals surface area contributed by atoms with E-state index in [0.29, 0.717) is 0 Å². The Bertz CT molecular complexity index is 655. The van der Waals surface area contributed by atoms with E-state index in [1.54, 1.807) is 25.4 Å². The minimum absolute atomic E-state index is 0.0350. The number of hydrogen-bond donors (Lipinski definition) is 1. The largest absolute Gasteiger partial charge is 0.494 e. The summed E-state index contributed by atoms with van der Waals surface area (Å²) in [6.07, 6.45) is 2.10. The highest BCUT2D eigenvalue weighted by Gasteiger charge is 2.23. The molecule has 3 rings (SSSR count). The molecule has 2 aromatic rings. The molecule has 1 amide bonds. The highest BCUT2D eigenvalue weighted by molar-refractivity contribution is 7.22. The summed E-state index contributed by atoms with van der Waals surface area (Å²) >= 11 is 1.68. The second-order valence-electron chi connectivity index (χ2n) is 5.29. The van der Waals surface area contributed by atoms with Crippen LogP contribution < -0.4 is 15.0 Å². The minimum atomic E-state index is 0.0350. The lowest BCUT2D eigenvalue weighted by molar-refractivity contribution is -0.119. The van der Waals surface area contributed by atoms with E-state index >= 15 is 0 Å². The molecule has 21 heavy (non-hydrogen) atoms. The number of aromatic nitrogens is 1. The van der Waals surface area contributed by atoms with Crippen molar-refractivity contribution in [2.24, 2.45) is 0 Å². The summed E-state index contributed by atoms with van der Waals surface area (Å²) in [5.74, 6) is 0.846. The number of nitrogens with zero attached hydrogens (tertiary/aromatic N) is 2. The van der Waals surface area contributed by atoms with Crippen LogP contribution in [0.15, 0.2) is 18.2 Å². The third-order valence-electron chi connectivity index (χ3n) is 3.69. The van der Waals surface area contributed by atoms with Crippen LogP contribution in [0.4, 0.5) is 5.13 Å². The number of ether oxygens (including phenoxy) is 1. The lowest BCUT2D eigenvalue weighted by Crippen LogP contribution is -2.47. The van der Waals surface area contributed by atoms with Crippen molar-refractivity contribution in [3.63, 3.8) is 0 Å². The number of methoxy groups -OCH3 is 1. The molecule has 0 bridgehead atoms. The van der Waals surface area contributed by atoms with Crippen LogP contribution in [-0.2, 0) is 4.79 Å². The summed E-state index contributed by atoms with van der Waals surface area (Å²) in [5, 5.41) is 4.01. The second-order valence-corrected chi connectivity index (χ2v) is 6.30. The first-order valence-corrected chi connectivity index (χ1v) is 7.94. The maximum Gasteiger partial charge on any atom is 0.217 e. The monoisotopic (exact) mass is 305 g/mol. The molecular weight excluding hydrogens is 286 g/mol. The fraction of sp³-hybridized carbons (Fsp3) is 0.467. The molecule has 1 unspecified atom stereocenters. The number of fused-ring (bicyclic) bond motifs is 1. The Morgan fingerprint density at radius 1 is 1.52 bits per heavy atom. The van der Waals surface area contributed by atoms with Crippen molar-refractivity contribution in [1.82, 2.24) is 10.3 Å². The topological polar surface area (TPSA) is 54.5 Å². The fourth-order valence-corrected chi connectivity index (χ4v) is 3.79. The van der Waals surface area contributed by atoms with Gasteiger partial charge in [0.2, 0.25) is 5.91 Å². The van der Waals surface area contributed by atoms with E-state index in [4.69, 9.17) is 9.72 Å². The Balaban J connectivity index is 1.84. The maximum absolute atomic E-state index is 11.2. The molecule has 1 aliphatic heterocycles. The van der Waals surface area contributed by atoms with Crippen LogP contribution in [0.3, 0.4) is 0 Å². The van der Waals surface area contributed by atoms with E-state index in [9.17, 15) is 4.79 Å². The molecule has 1 aliphatic rings. The van der Waals surface area contributed by atoms with Gasteiger partial charge in [0.15, 0.2) is 5.13 Å². The normalized spacial score (nSPS) is 18.8. The third kappa shape index (κ3) is 2.95. The van der Waals surface area contributed by atoms with Crippen LogP contribution in [0.2, 0.25) is 0 Å². The number of carbonyl (C=O) groups excluding carboxylic acids is 1. The zero-order valence-corrected chi connectivity index (χ0v) is 13.1. The van der Waals surface area contributed by atoms with Gasteiger partial charge in [-0.2, -0.15) is 0 Å². The van der Waals surface area contributed by atoms with Crippen molar-refractivity contribution in [3.05, 3.63) is 18.2 Å². The molecular formula is C15H19N3O2S. The number of thiazole rings is 1. The van der Waals surface area contributed by atoms with Crippen molar-refractivity contribution in [1.29, 1.82) is 0 Å². The van der Waals surface area contributed by atoms with E-state index in [-0.39, 0.29) is 11.9 Å². The average molecular weight is 305 g/mol. The third-order valence-corrected chi connectivity index (χ3v) is 4.77. The number of amides is 1. The first-order valence-electron chi connectivity index (χ1n) is 7.13. The van der Waals surface area contributed by atoms with E-state index in [0.717, 1.165) is 47.0 Å². The zero-order chi connectivity index (χ0) is 14.8. The molecule has 112 valence electrons. The predicted molar refractivity (Wildman–Crippen MR) is 85.2 cm³/mol. The number of nitrogens with one attached hydrogen (secondary N) is 1. The first-order chi connectivity index (χ1) is 10.2. The molecule has 2 heterocycles. The number of benzene rings is 1. The standard InChI is InChI=1S/C15H19N3O2S/c1-10(19)16-11-5-4-8-18(9-11)15-17-14-12(20-2)6-3-7-13(14)21-15/h3,6-7,11H,4-5,8-9H2,1-2H3,(H,16,19). The number of carbonyl (C=O) groups is 1. The van der Waals surface area contributed by atoms with Crippen molar-refractivity contribution in [2.45, 2.75) is 25.8 Å². The fourth-order valence-electron chi connectivity index (χ4n) is 2.77. The molecule has 1 N–H and O–H groups in total. The molecule has 1 aromatic heterocycles. The van der Waals surface area contributed by atoms with Gasteiger partial charge in [0, 0.05) is 26.1 Å². The molecule has 1 saturated heterocycles. The smallest absolute Gasteiger partial charge is 0.217 e. The summed E-state index contributed by atoms with van der Waals surface area (Å²) in [4.78, 5) is 18.2. The van der Waals surface area contributed by atoms with E-state index in [2.05, 4.69) is 16.3 Å². The lowest BCUT2D eigenvalue weighted by Gasteiger charge is -2.32. The van der Waals surface area contributed by atoms with Gasteiger partial charge in [-0.25, -0.2) is 4.98 Å². The van der Waals surface area contributed by atoms with Crippen LogP contribution in [0, 0.1) is 0 Å². The molecule has 1 atom stereocenters. The SMILES string of the molecule is COc1cccc2sc(N3CCCC(NC(C)=O)C3)nc12. The molecule has 0 aliphatic carbocycles. The molecule has 0 saturated carbocycles. The number of rotatable bonds is 3. The van der Waals surface area contributed by atoms with Crippen molar-refractivity contribution < 1.29 is 9.53 Å². The summed E-state index contributed by atoms with van der Waals surface area (Å²) in [7, 11) is 1.67. The van der Waals surface area contributed by atoms with E-state index in [1.807, 2.05) is 12.1 Å². The molecule has 5 nitrogen and oxygen atoms in total. The zero-order valence-electron chi connectivity index (χ0n) is 12.3. The Morgan fingerprint density at radius 2 is 2.38 bits per heavy atom. The van der Waals surface area contributed by atoms with Crippen LogP contribution in [-0.4, -0.2) is 37.1 Å². The highest BCUT2D eigenvalue weighted by Crippen LogP contribution is 2.34. The van der Waals surface area contributed by atoms with Gasteiger partial charge in [0.25, 0.3) is 0 Å². The van der Waals surface area contributed by atoms with Gasteiger partial charge < -0.3 is 15.0 Å². The minimum Gasteiger partial charge on any atom is -0.494 e. The van der Waals surface area contributed by atoms with Gasteiger partial charge in [-0.1, -0.05) is 17.4 Å². The number of anilines is 1. The van der Waals surface area contributed by atoms with Crippen molar-refractivity contribution in [2.75, 3.05) is 25.1 Å². The second kappa shape index (κ2) is 5.89. The summed E-state index contributed by atoms with van der Waals surface area (Å²) in [6.45, 7) is 3.38. The van der Waals surface area contributed by atoms with Gasteiger partial charge in [-0.05, 0) is 25.0 Å². The van der Waals surface area contributed by atoms with Crippen LogP contribution in [0.25, 0.3) is 10.2 Å². The molecule has 6 heteroatoms. The van der Waals surface area contributed by atoms with Gasteiger partial charge >= 0.3 is 0 Å². The Morgan fingerprint density at radius 3 is 3.14 bits per heavy atom. The summed E-state index contributed by atoms with van der Waals surface area (Å²) < 4.78 is 6.50. The Hall–Kier alpha value is -1.82. The highest BCUT2D eigenvalue weighted by atomic mass is 32.1. The maximum atomic E-state index is 11.2. The molecule has 0 radical (unpaired) electrons. The quantitative estimate of drug-likeness (QED) is 0.946. The molecule has 1 aromatic carbocycles. The average Bonchev–Trinajstić information content (AvgIpc) is 2.90. The van der Waals surface area contributed by atoms with Gasteiger partial charge in [-0.15, -0.1) is 0 Å². The molecule has 0 spiro atoms. The van der Waals surface area contributed by atoms with Crippen LogP contribution in [0.5, 0.6) is 5.75 Å². The van der Waals surface area contributed by atoms with Crippen molar-refractivity contribution in [3.8, 4) is 5.75 Å². The summed E-state index contributed by atoms with van der Waals surface area (Å²) in [6, 6.07) is 6.20. The number of para-hydroxylation sites is 1. The van der Waals surface area contributed by atoms with Gasteiger partial charge in [0.05, 0.1) is 11.8 Å². The van der Waals surface area contributed by atoms with Crippen LogP contribution >= 0.6 is 11.3 Å². The Labute approximate surface area is 127 Å². The van der Waals surface area contributed by atoms with Crippen molar-refractivity contribution >= 4 is 32.6 Å². The van der Waals surface area contributed by atoms with Gasteiger partial charge in [0.1, 0.15) is 11.3 Å². The predicted octanol–water partition coefficient (Wildman–Crippen LogP) is 2.41. The lowest BCUT2D eigenvalue weighted by atomic mass is 10.1. The van der Waals surface area contributed by atoms with E-state index in [1.165, 1.54) is 0 Å². The number of hydrogen-bond acceptors (Lipinski definition) is 5. The van der Waals surface area contributed by atoms with Gasteiger partial charge in [-0.3, -0.25) is 4.79 Å².